The molecule has 1 heterocycles. The molecule has 5 nitrogen and oxygen atoms in total. The zero-order chi connectivity index (χ0) is 22.0. The van der Waals surface area contributed by atoms with Gasteiger partial charge in [-0.25, -0.2) is 13.8 Å². The van der Waals surface area contributed by atoms with Gasteiger partial charge in [0, 0.05) is 17.9 Å². The molecule has 0 aliphatic carbocycles. The van der Waals surface area contributed by atoms with E-state index < -0.39 is 11.6 Å². The molecule has 0 atom stereocenters. The number of para-hydroxylation sites is 1. The molecule has 0 amide bonds. The Morgan fingerprint density at radius 3 is 2.35 bits per heavy atom. The molecular weight excluding hydrogens is 422 g/mol. The molecule has 0 saturated carbocycles. The number of benzene rings is 3. The van der Waals surface area contributed by atoms with Gasteiger partial charge in [0.2, 0.25) is 0 Å². The van der Waals surface area contributed by atoms with Crippen LogP contribution in [0.5, 0.6) is 11.5 Å². The van der Waals surface area contributed by atoms with Crippen LogP contribution in [-0.2, 0) is 5.75 Å². The standard InChI is InChI=1S/C23H18F2N2O3S/c1-29-20-8-7-17(12-21(20)30-2)27-22(28)18-5-3-4-6-19(18)26-23(27)31-13-14-9-15(24)11-16(25)10-14/h3-12H,13H2,1-2H3. The van der Waals surface area contributed by atoms with E-state index in [-0.39, 0.29) is 11.3 Å². The van der Waals surface area contributed by atoms with Gasteiger partial charge in [-0.1, -0.05) is 23.9 Å². The summed E-state index contributed by atoms with van der Waals surface area (Å²) in [5.74, 6) is -0.0911. The van der Waals surface area contributed by atoms with Crippen LogP contribution in [0.2, 0.25) is 0 Å². The summed E-state index contributed by atoms with van der Waals surface area (Å²) in [5, 5.41) is 0.846. The summed E-state index contributed by atoms with van der Waals surface area (Å²) in [7, 11) is 3.04. The highest BCUT2D eigenvalue weighted by atomic mass is 32.2. The van der Waals surface area contributed by atoms with Gasteiger partial charge in [-0.15, -0.1) is 0 Å². The number of ether oxygens (including phenoxy) is 2. The van der Waals surface area contributed by atoms with E-state index in [0.717, 1.165) is 6.07 Å². The quantitative estimate of drug-likeness (QED) is 0.313. The van der Waals surface area contributed by atoms with Crippen LogP contribution >= 0.6 is 11.8 Å². The first-order valence-electron chi connectivity index (χ1n) is 9.32. The normalized spacial score (nSPS) is 11.0. The fourth-order valence-corrected chi connectivity index (χ4v) is 4.19. The van der Waals surface area contributed by atoms with E-state index in [0.29, 0.717) is 38.8 Å². The SMILES string of the molecule is COc1ccc(-n2c(SCc3cc(F)cc(F)c3)nc3ccccc3c2=O)cc1OC. The minimum absolute atomic E-state index is 0.229. The summed E-state index contributed by atoms with van der Waals surface area (Å²) < 4.78 is 39.3. The van der Waals surface area contributed by atoms with Crippen molar-refractivity contribution in [2.75, 3.05) is 14.2 Å². The maximum Gasteiger partial charge on any atom is 0.266 e. The zero-order valence-electron chi connectivity index (χ0n) is 16.8. The third-order valence-corrected chi connectivity index (χ3v) is 5.67. The van der Waals surface area contributed by atoms with Crippen LogP contribution in [-0.4, -0.2) is 23.8 Å². The molecule has 0 aliphatic heterocycles. The number of hydrogen-bond donors (Lipinski definition) is 0. The molecule has 0 bridgehead atoms. The lowest BCUT2D eigenvalue weighted by Crippen LogP contribution is -2.21. The molecule has 0 spiro atoms. The second kappa shape index (κ2) is 8.77. The summed E-state index contributed by atoms with van der Waals surface area (Å²) in [6.07, 6.45) is 0. The van der Waals surface area contributed by atoms with Crippen LogP contribution in [0.15, 0.2) is 70.6 Å². The topological polar surface area (TPSA) is 53.4 Å². The first-order chi connectivity index (χ1) is 15.0. The van der Waals surface area contributed by atoms with Gasteiger partial charge in [0.15, 0.2) is 16.7 Å². The Hall–Kier alpha value is -3.39. The minimum Gasteiger partial charge on any atom is -0.493 e. The Morgan fingerprint density at radius 2 is 1.65 bits per heavy atom. The van der Waals surface area contributed by atoms with Crippen LogP contribution in [0.3, 0.4) is 0 Å². The molecule has 8 heteroatoms. The van der Waals surface area contributed by atoms with Gasteiger partial charge in [-0.3, -0.25) is 9.36 Å². The third kappa shape index (κ3) is 4.25. The van der Waals surface area contributed by atoms with E-state index >= 15 is 0 Å². The predicted octanol–water partition coefficient (Wildman–Crippen LogP) is 4.97. The van der Waals surface area contributed by atoms with Crippen molar-refractivity contribution in [1.82, 2.24) is 9.55 Å². The molecule has 4 aromatic rings. The van der Waals surface area contributed by atoms with Gasteiger partial charge in [0.1, 0.15) is 11.6 Å². The Kier molecular flexibility index (Phi) is 5.90. The van der Waals surface area contributed by atoms with Gasteiger partial charge in [-0.05, 0) is 42.0 Å². The summed E-state index contributed by atoms with van der Waals surface area (Å²) in [4.78, 5) is 18.0. The second-order valence-electron chi connectivity index (χ2n) is 6.66. The van der Waals surface area contributed by atoms with Gasteiger partial charge in [0.25, 0.3) is 5.56 Å². The van der Waals surface area contributed by atoms with Crippen LogP contribution in [0.1, 0.15) is 5.56 Å². The minimum atomic E-state index is -0.653. The lowest BCUT2D eigenvalue weighted by atomic mass is 10.2. The second-order valence-corrected chi connectivity index (χ2v) is 7.60. The molecule has 0 saturated heterocycles. The Labute approximate surface area is 181 Å². The Bertz CT molecular complexity index is 1300. The van der Waals surface area contributed by atoms with E-state index in [9.17, 15) is 13.6 Å². The van der Waals surface area contributed by atoms with E-state index in [1.54, 1.807) is 42.5 Å². The predicted molar refractivity (Wildman–Crippen MR) is 116 cm³/mol. The highest BCUT2D eigenvalue weighted by molar-refractivity contribution is 7.98. The molecule has 0 radical (unpaired) electrons. The Balaban J connectivity index is 1.85. The van der Waals surface area contributed by atoms with Crippen molar-refractivity contribution < 1.29 is 18.3 Å². The average molecular weight is 440 g/mol. The molecule has 4 rings (SSSR count). The van der Waals surface area contributed by atoms with Crippen LogP contribution < -0.4 is 15.0 Å². The van der Waals surface area contributed by atoms with Gasteiger partial charge < -0.3 is 9.47 Å². The molecule has 0 N–H and O–H groups in total. The van der Waals surface area contributed by atoms with E-state index in [1.807, 2.05) is 0 Å². The van der Waals surface area contributed by atoms with Crippen molar-refractivity contribution in [1.29, 1.82) is 0 Å². The summed E-state index contributed by atoms with van der Waals surface area (Å²) in [5.41, 5.74) is 1.26. The largest absolute Gasteiger partial charge is 0.493 e. The van der Waals surface area contributed by atoms with E-state index in [2.05, 4.69) is 4.98 Å². The van der Waals surface area contributed by atoms with Gasteiger partial charge >= 0.3 is 0 Å². The zero-order valence-corrected chi connectivity index (χ0v) is 17.6. The summed E-state index contributed by atoms with van der Waals surface area (Å²) >= 11 is 1.21. The molecule has 0 unspecified atom stereocenters. The molecular formula is C23H18F2N2O3S. The van der Waals surface area contributed by atoms with E-state index in [1.165, 1.54) is 42.7 Å². The number of halogens is 2. The first-order valence-corrected chi connectivity index (χ1v) is 10.3. The van der Waals surface area contributed by atoms with Crippen molar-refractivity contribution >= 4 is 22.7 Å². The molecule has 158 valence electrons. The fraction of sp³-hybridized carbons (Fsp3) is 0.130. The molecule has 1 aromatic heterocycles. The lowest BCUT2D eigenvalue weighted by molar-refractivity contribution is 0.354. The number of hydrogen-bond acceptors (Lipinski definition) is 5. The highest BCUT2D eigenvalue weighted by Gasteiger charge is 2.16. The average Bonchev–Trinajstić information content (AvgIpc) is 2.77. The molecule has 31 heavy (non-hydrogen) atoms. The van der Waals surface area contributed by atoms with Crippen LogP contribution in [0, 0.1) is 11.6 Å². The number of fused-ring (bicyclic) bond motifs is 1. The van der Waals surface area contributed by atoms with Crippen LogP contribution in [0.25, 0.3) is 16.6 Å². The number of rotatable bonds is 6. The van der Waals surface area contributed by atoms with E-state index in [4.69, 9.17) is 9.47 Å². The lowest BCUT2D eigenvalue weighted by Gasteiger charge is -2.15. The smallest absolute Gasteiger partial charge is 0.266 e. The van der Waals surface area contributed by atoms with Gasteiger partial charge in [0.05, 0.1) is 30.8 Å². The first kappa shape index (κ1) is 20.9. The monoisotopic (exact) mass is 440 g/mol. The van der Waals surface area contributed by atoms with Crippen molar-refractivity contribution in [2.24, 2.45) is 0 Å². The van der Waals surface area contributed by atoms with Crippen molar-refractivity contribution in [2.45, 2.75) is 10.9 Å². The summed E-state index contributed by atoms with van der Waals surface area (Å²) in [6, 6.07) is 15.5. The third-order valence-electron chi connectivity index (χ3n) is 4.66. The van der Waals surface area contributed by atoms with Crippen LogP contribution in [0.4, 0.5) is 8.78 Å². The molecule has 0 aliphatic rings. The van der Waals surface area contributed by atoms with Gasteiger partial charge in [-0.2, -0.15) is 0 Å². The molecule has 0 fully saturated rings. The number of thioether (sulfide) groups is 1. The molecule has 3 aromatic carbocycles. The maximum atomic E-state index is 13.6. The number of methoxy groups -OCH3 is 2. The summed E-state index contributed by atoms with van der Waals surface area (Å²) in [6.45, 7) is 0. The Morgan fingerprint density at radius 1 is 0.935 bits per heavy atom. The maximum absolute atomic E-state index is 13.6. The number of aromatic nitrogens is 2. The van der Waals surface area contributed by atoms with Crippen molar-refractivity contribution in [3.05, 3.63) is 88.2 Å². The fourth-order valence-electron chi connectivity index (χ4n) is 3.24. The highest BCUT2D eigenvalue weighted by Crippen LogP contribution is 2.31. The number of nitrogens with zero attached hydrogens (tertiary/aromatic N) is 2. The van der Waals surface area contributed by atoms with Crippen molar-refractivity contribution in [3.8, 4) is 17.2 Å². The van der Waals surface area contributed by atoms with Crippen molar-refractivity contribution in [3.63, 3.8) is 0 Å².